The van der Waals surface area contributed by atoms with Crippen molar-refractivity contribution in [1.29, 1.82) is 0 Å². The Kier molecular flexibility index (Phi) is 5.38. The lowest BCUT2D eigenvalue weighted by Gasteiger charge is -2.26. The van der Waals surface area contributed by atoms with Gasteiger partial charge in [0, 0.05) is 22.5 Å². The molecule has 0 radical (unpaired) electrons. The van der Waals surface area contributed by atoms with Gasteiger partial charge in [-0.15, -0.1) is 0 Å². The van der Waals surface area contributed by atoms with Gasteiger partial charge in [-0.3, -0.25) is 4.79 Å². The number of amides is 1. The van der Waals surface area contributed by atoms with E-state index in [2.05, 4.69) is 21.2 Å². The van der Waals surface area contributed by atoms with Gasteiger partial charge in [-0.1, -0.05) is 40.9 Å². The number of aliphatic hydroxyl groups is 1. The van der Waals surface area contributed by atoms with E-state index in [0.29, 0.717) is 6.54 Å². The SMILES string of the molecule is O=C(/C=C/c1ccc(Br)cc1)NCC1(CO)CCCC1. The van der Waals surface area contributed by atoms with Gasteiger partial charge in [0.2, 0.25) is 5.91 Å². The number of aliphatic hydroxyl groups excluding tert-OH is 1. The molecule has 3 nitrogen and oxygen atoms in total. The number of nitrogens with one attached hydrogen (secondary N) is 1. The van der Waals surface area contributed by atoms with E-state index < -0.39 is 0 Å². The molecule has 1 aromatic rings. The Morgan fingerprint density at radius 3 is 2.55 bits per heavy atom. The quantitative estimate of drug-likeness (QED) is 0.811. The molecule has 0 atom stereocenters. The van der Waals surface area contributed by atoms with Gasteiger partial charge < -0.3 is 10.4 Å². The van der Waals surface area contributed by atoms with E-state index in [1.807, 2.05) is 24.3 Å². The molecular formula is C16H20BrNO2. The zero-order valence-electron chi connectivity index (χ0n) is 11.4. The number of hydrogen-bond acceptors (Lipinski definition) is 2. The molecule has 1 aromatic carbocycles. The summed E-state index contributed by atoms with van der Waals surface area (Å²) in [5.41, 5.74) is 0.891. The molecule has 0 bridgehead atoms. The first-order chi connectivity index (χ1) is 9.63. The summed E-state index contributed by atoms with van der Waals surface area (Å²) in [6.45, 7) is 0.719. The van der Waals surface area contributed by atoms with Crippen LogP contribution in [0.25, 0.3) is 6.08 Å². The van der Waals surface area contributed by atoms with Crippen LogP contribution in [0.4, 0.5) is 0 Å². The summed E-state index contributed by atoms with van der Waals surface area (Å²) in [5.74, 6) is -0.104. The summed E-state index contributed by atoms with van der Waals surface area (Å²) in [6.07, 6.45) is 7.63. The lowest BCUT2D eigenvalue weighted by atomic mass is 9.87. The molecule has 0 heterocycles. The van der Waals surface area contributed by atoms with Gasteiger partial charge >= 0.3 is 0 Å². The van der Waals surface area contributed by atoms with Crippen LogP contribution in [0.5, 0.6) is 0 Å². The van der Waals surface area contributed by atoms with Crippen molar-refractivity contribution in [3.63, 3.8) is 0 Å². The minimum Gasteiger partial charge on any atom is -0.396 e. The Hall–Kier alpha value is -1.13. The first-order valence-electron chi connectivity index (χ1n) is 6.96. The summed E-state index contributed by atoms with van der Waals surface area (Å²) in [7, 11) is 0. The fraction of sp³-hybridized carbons (Fsp3) is 0.438. The van der Waals surface area contributed by atoms with Crippen LogP contribution in [-0.4, -0.2) is 24.2 Å². The average molecular weight is 338 g/mol. The van der Waals surface area contributed by atoms with Gasteiger partial charge in [-0.05, 0) is 36.6 Å². The molecule has 1 fully saturated rings. The van der Waals surface area contributed by atoms with Crippen LogP contribution in [0.1, 0.15) is 31.2 Å². The third kappa shape index (κ3) is 4.18. The van der Waals surface area contributed by atoms with Crippen molar-refractivity contribution in [2.45, 2.75) is 25.7 Å². The number of benzene rings is 1. The maximum atomic E-state index is 11.8. The van der Waals surface area contributed by atoms with E-state index >= 15 is 0 Å². The molecule has 2 rings (SSSR count). The average Bonchev–Trinajstić information content (AvgIpc) is 2.94. The summed E-state index contributed by atoms with van der Waals surface area (Å²) in [6, 6.07) is 7.77. The Bertz CT molecular complexity index is 476. The van der Waals surface area contributed by atoms with Gasteiger partial charge in [0.25, 0.3) is 0 Å². The first kappa shape index (κ1) is 15.3. The third-order valence-corrected chi connectivity index (χ3v) is 4.46. The zero-order valence-corrected chi connectivity index (χ0v) is 13.0. The van der Waals surface area contributed by atoms with Crippen LogP contribution in [0.15, 0.2) is 34.8 Å². The third-order valence-electron chi connectivity index (χ3n) is 3.93. The fourth-order valence-electron chi connectivity index (χ4n) is 2.60. The number of carbonyl (C=O) groups is 1. The number of hydrogen-bond donors (Lipinski definition) is 2. The van der Waals surface area contributed by atoms with Crippen molar-refractivity contribution in [3.8, 4) is 0 Å². The van der Waals surface area contributed by atoms with Gasteiger partial charge in [0.15, 0.2) is 0 Å². The second-order valence-electron chi connectivity index (χ2n) is 5.47. The Balaban J connectivity index is 1.84. The minimum absolute atomic E-state index is 0.0961. The predicted octanol–water partition coefficient (Wildman–Crippen LogP) is 3.13. The lowest BCUT2D eigenvalue weighted by molar-refractivity contribution is -0.117. The van der Waals surface area contributed by atoms with Gasteiger partial charge in [-0.25, -0.2) is 0 Å². The highest BCUT2D eigenvalue weighted by molar-refractivity contribution is 9.10. The Morgan fingerprint density at radius 2 is 1.95 bits per heavy atom. The summed E-state index contributed by atoms with van der Waals surface area (Å²) < 4.78 is 1.02. The van der Waals surface area contributed by atoms with Crippen molar-refractivity contribution in [1.82, 2.24) is 5.32 Å². The van der Waals surface area contributed by atoms with E-state index in [4.69, 9.17) is 0 Å². The van der Waals surface area contributed by atoms with Crippen LogP contribution < -0.4 is 5.32 Å². The van der Waals surface area contributed by atoms with E-state index in [0.717, 1.165) is 35.7 Å². The summed E-state index contributed by atoms with van der Waals surface area (Å²) in [4.78, 5) is 11.8. The lowest BCUT2D eigenvalue weighted by Crippen LogP contribution is -2.37. The van der Waals surface area contributed by atoms with Gasteiger partial charge in [0.1, 0.15) is 0 Å². The van der Waals surface area contributed by atoms with Crippen molar-refractivity contribution in [2.75, 3.05) is 13.2 Å². The van der Waals surface area contributed by atoms with Gasteiger partial charge in [-0.2, -0.15) is 0 Å². The molecule has 0 unspecified atom stereocenters. The van der Waals surface area contributed by atoms with Crippen LogP contribution in [0.3, 0.4) is 0 Å². The topological polar surface area (TPSA) is 49.3 Å². The minimum atomic E-state index is -0.104. The summed E-state index contributed by atoms with van der Waals surface area (Å²) >= 11 is 3.37. The number of halogens is 1. The monoisotopic (exact) mass is 337 g/mol. The Labute approximate surface area is 128 Å². The van der Waals surface area contributed by atoms with E-state index in [1.54, 1.807) is 12.2 Å². The van der Waals surface area contributed by atoms with Crippen molar-refractivity contribution in [2.24, 2.45) is 5.41 Å². The van der Waals surface area contributed by atoms with Crippen LogP contribution >= 0.6 is 15.9 Å². The maximum Gasteiger partial charge on any atom is 0.244 e. The van der Waals surface area contributed by atoms with E-state index in [1.165, 1.54) is 0 Å². The highest BCUT2D eigenvalue weighted by atomic mass is 79.9. The van der Waals surface area contributed by atoms with Crippen molar-refractivity contribution in [3.05, 3.63) is 40.4 Å². The normalized spacial score (nSPS) is 17.5. The summed E-state index contributed by atoms with van der Waals surface area (Å²) in [5, 5.41) is 12.4. The maximum absolute atomic E-state index is 11.8. The van der Waals surface area contributed by atoms with Crippen molar-refractivity contribution >= 4 is 27.9 Å². The molecule has 0 aliphatic heterocycles. The number of rotatable bonds is 5. The highest BCUT2D eigenvalue weighted by Crippen LogP contribution is 2.36. The Morgan fingerprint density at radius 1 is 1.30 bits per heavy atom. The molecule has 20 heavy (non-hydrogen) atoms. The fourth-order valence-corrected chi connectivity index (χ4v) is 2.86. The molecule has 2 N–H and O–H groups in total. The molecule has 1 amide bonds. The van der Waals surface area contributed by atoms with Crippen LogP contribution in [-0.2, 0) is 4.79 Å². The molecule has 108 valence electrons. The molecule has 4 heteroatoms. The van der Waals surface area contributed by atoms with Crippen LogP contribution in [0, 0.1) is 5.41 Å². The molecular weight excluding hydrogens is 318 g/mol. The molecule has 0 aromatic heterocycles. The van der Waals surface area contributed by atoms with Crippen LogP contribution in [0.2, 0.25) is 0 Å². The largest absolute Gasteiger partial charge is 0.396 e. The second kappa shape index (κ2) is 7.04. The smallest absolute Gasteiger partial charge is 0.244 e. The second-order valence-corrected chi connectivity index (χ2v) is 6.38. The molecule has 1 aliphatic rings. The van der Waals surface area contributed by atoms with Gasteiger partial charge in [0.05, 0.1) is 6.61 Å². The van der Waals surface area contributed by atoms with E-state index in [-0.39, 0.29) is 17.9 Å². The zero-order chi connectivity index (χ0) is 14.4. The van der Waals surface area contributed by atoms with E-state index in [9.17, 15) is 9.90 Å². The number of carbonyl (C=O) groups excluding carboxylic acids is 1. The molecule has 1 saturated carbocycles. The molecule has 0 saturated heterocycles. The molecule has 1 aliphatic carbocycles. The predicted molar refractivity (Wildman–Crippen MR) is 84.2 cm³/mol. The van der Waals surface area contributed by atoms with Crippen molar-refractivity contribution < 1.29 is 9.90 Å². The highest BCUT2D eigenvalue weighted by Gasteiger charge is 2.33. The first-order valence-corrected chi connectivity index (χ1v) is 7.75. The molecule has 0 spiro atoms. The standard InChI is InChI=1S/C16H20BrNO2/c17-14-6-3-13(4-7-14)5-8-15(20)18-11-16(12-19)9-1-2-10-16/h3-8,19H,1-2,9-12H2,(H,18,20)/b8-5+.